The molecule has 0 aliphatic heterocycles. The van der Waals surface area contributed by atoms with E-state index in [0.29, 0.717) is 12.5 Å². The van der Waals surface area contributed by atoms with Crippen LogP contribution in [0.3, 0.4) is 0 Å². The van der Waals surface area contributed by atoms with Gasteiger partial charge in [-0.15, -0.1) is 11.3 Å². The maximum atomic E-state index is 7.26. The van der Waals surface area contributed by atoms with Crippen LogP contribution in [0.4, 0.5) is 0 Å². The molecule has 0 bridgehead atoms. The van der Waals surface area contributed by atoms with Crippen molar-refractivity contribution in [3.05, 3.63) is 20.8 Å². The first-order valence-corrected chi connectivity index (χ1v) is 6.91. The van der Waals surface area contributed by atoms with Gasteiger partial charge in [-0.25, -0.2) is 0 Å². The van der Waals surface area contributed by atoms with Gasteiger partial charge in [0.05, 0.1) is 9.62 Å². The topological polar surface area (TPSA) is 53.1 Å². The number of nitrogens with two attached hydrogens (primary N) is 1. The maximum Gasteiger partial charge on any atom is 0.0918 e. The normalized spacial score (nSPS) is 11.3. The molecule has 3 nitrogen and oxygen atoms in total. The Morgan fingerprint density at radius 3 is 2.69 bits per heavy atom. The van der Waals surface area contributed by atoms with Crippen LogP contribution in [0.2, 0.25) is 0 Å². The van der Waals surface area contributed by atoms with Gasteiger partial charge in [0, 0.05) is 30.4 Å². The first kappa shape index (κ1) is 13.7. The molecule has 0 unspecified atom stereocenters. The summed E-state index contributed by atoms with van der Waals surface area (Å²) >= 11 is 5.22. The number of amidine groups is 1. The van der Waals surface area contributed by atoms with Gasteiger partial charge in [-0.3, -0.25) is 10.3 Å². The van der Waals surface area contributed by atoms with Crippen molar-refractivity contribution in [1.29, 1.82) is 5.41 Å². The lowest BCUT2D eigenvalue weighted by molar-refractivity contribution is 0.221. The Morgan fingerprint density at radius 1 is 1.56 bits per heavy atom. The Balaban J connectivity index is 2.54. The Hall–Kier alpha value is -0.390. The van der Waals surface area contributed by atoms with Crippen LogP contribution >= 0.6 is 27.3 Å². The molecule has 1 aromatic heterocycles. The number of rotatable bonds is 6. The summed E-state index contributed by atoms with van der Waals surface area (Å²) in [6, 6.07) is 4.68. The summed E-state index contributed by atoms with van der Waals surface area (Å²) in [6.45, 7) is 6.12. The van der Waals surface area contributed by atoms with Crippen molar-refractivity contribution in [3.63, 3.8) is 0 Å². The van der Waals surface area contributed by atoms with Gasteiger partial charge in [0.2, 0.25) is 0 Å². The third-order valence-electron chi connectivity index (χ3n) is 2.39. The van der Waals surface area contributed by atoms with Crippen molar-refractivity contribution in [2.24, 2.45) is 5.73 Å². The second kappa shape index (κ2) is 6.37. The second-order valence-corrected chi connectivity index (χ2v) is 6.59. The summed E-state index contributed by atoms with van der Waals surface area (Å²) in [5.41, 5.74) is 5.39. The standard InChI is InChI=1S/C11H18BrN3S/c1-8(2)15(6-5-11(13)14)7-9-3-4-10(12)16-9/h3-4,8H,5-7H2,1-2H3,(H3,13,14). The maximum absolute atomic E-state index is 7.26. The molecule has 5 heteroatoms. The fourth-order valence-electron chi connectivity index (χ4n) is 1.42. The molecule has 16 heavy (non-hydrogen) atoms. The minimum atomic E-state index is 0.262. The van der Waals surface area contributed by atoms with Gasteiger partial charge in [-0.2, -0.15) is 0 Å². The number of halogens is 1. The summed E-state index contributed by atoms with van der Waals surface area (Å²) in [6.07, 6.45) is 0.644. The highest BCUT2D eigenvalue weighted by Crippen LogP contribution is 2.23. The largest absolute Gasteiger partial charge is 0.388 e. The molecule has 1 aromatic rings. The van der Waals surface area contributed by atoms with E-state index in [0.717, 1.165) is 16.9 Å². The van der Waals surface area contributed by atoms with E-state index < -0.39 is 0 Å². The molecule has 0 spiro atoms. The smallest absolute Gasteiger partial charge is 0.0918 e. The fourth-order valence-corrected chi connectivity index (χ4v) is 2.93. The van der Waals surface area contributed by atoms with Crippen LogP contribution in [0.25, 0.3) is 0 Å². The minimum absolute atomic E-state index is 0.262. The van der Waals surface area contributed by atoms with Crippen LogP contribution in [-0.4, -0.2) is 23.3 Å². The lowest BCUT2D eigenvalue weighted by Gasteiger charge is -2.25. The van der Waals surface area contributed by atoms with E-state index in [9.17, 15) is 0 Å². The Morgan fingerprint density at radius 2 is 2.25 bits per heavy atom. The van der Waals surface area contributed by atoms with Crippen LogP contribution in [0, 0.1) is 5.41 Å². The van der Waals surface area contributed by atoms with Crippen molar-refractivity contribution < 1.29 is 0 Å². The highest BCUT2D eigenvalue weighted by Gasteiger charge is 2.11. The van der Waals surface area contributed by atoms with E-state index in [2.05, 4.69) is 46.8 Å². The van der Waals surface area contributed by atoms with Gasteiger partial charge in [0.25, 0.3) is 0 Å². The summed E-state index contributed by atoms with van der Waals surface area (Å²) < 4.78 is 1.16. The molecule has 0 atom stereocenters. The first-order chi connectivity index (χ1) is 7.49. The van der Waals surface area contributed by atoms with Gasteiger partial charge in [0.15, 0.2) is 0 Å². The molecule has 3 N–H and O–H groups in total. The summed E-state index contributed by atoms with van der Waals surface area (Å²) in [5, 5.41) is 7.26. The predicted molar refractivity (Wildman–Crippen MR) is 74.1 cm³/mol. The second-order valence-electron chi connectivity index (χ2n) is 4.05. The van der Waals surface area contributed by atoms with Gasteiger partial charge >= 0.3 is 0 Å². The molecule has 0 saturated heterocycles. The molecule has 0 aliphatic carbocycles. The lowest BCUT2D eigenvalue weighted by atomic mass is 10.2. The van der Waals surface area contributed by atoms with Crippen LogP contribution in [0.5, 0.6) is 0 Å². The van der Waals surface area contributed by atoms with Gasteiger partial charge in [-0.05, 0) is 41.9 Å². The predicted octanol–water partition coefficient (Wildman–Crippen LogP) is 3.05. The molecule has 0 fully saturated rings. The van der Waals surface area contributed by atoms with Crippen molar-refractivity contribution in [1.82, 2.24) is 4.90 Å². The van der Waals surface area contributed by atoms with E-state index in [-0.39, 0.29) is 5.84 Å². The quantitative estimate of drug-likeness (QED) is 0.627. The third-order valence-corrected chi connectivity index (χ3v) is 3.99. The molecule has 0 aromatic carbocycles. The van der Waals surface area contributed by atoms with Gasteiger partial charge in [0.1, 0.15) is 0 Å². The number of nitrogens with one attached hydrogen (secondary N) is 1. The summed E-state index contributed by atoms with van der Waals surface area (Å²) in [4.78, 5) is 3.67. The lowest BCUT2D eigenvalue weighted by Crippen LogP contribution is -2.33. The van der Waals surface area contributed by atoms with E-state index in [4.69, 9.17) is 11.1 Å². The minimum Gasteiger partial charge on any atom is -0.388 e. The zero-order valence-corrected chi connectivity index (χ0v) is 12.1. The molecule has 0 amide bonds. The van der Waals surface area contributed by atoms with Crippen LogP contribution < -0.4 is 5.73 Å². The number of nitrogens with zero attached hydrogens (tertiary/aromatic N) is 1. The number of hydrogen-bond acceptors (Lipinski definition) is 3. The first-order valence-electron chi connectivity index (χ1n) is 5.30. The summed E-state index contributed by atoms with van der Waals surface area (Å²) in [7, 11) is 0. The molecular formula is C11H18BrN3S. The zero-order chi connectivity index (χ0) is 12.1. The van der Waals surface area contributed by atoms with Crippen molar-refractivity contribution >= 4 is 33.1 Å². The third kappa shape index (κ3) is 4.63. The zero-order valence-electron chi connectivity index (χ0n) is 9.66. The highest BCUT2D eigenvalue weighted by atomic mass is 79.9. The monoisotopic (exact) mass is 303 g/mol. The fraction of sp³-hybridized carbons (Fsp3) is 0.545. The van der Waals surface area contributed by atoms with E-state index in [1.807, 2.05) is 0 Å². The molecule has 0 radical (unpaired) electrons. The van der Waals surface area contributed by atoms with Crippen LogP contribution in [0.15, 0.2) is 15.9 Å². The van der Waals surface area contributed by atoms with Gasteiger partial charge in [-0.1, -0.05) is 0 Å². The molecule has 1 rings (SSSR count). The van der Waals surface area contributed by atoms with E-state index in [1.165, 1.54) is 4.88 Å². The molecule has 0 aliphatic rings. The average molecular weight is 304 g/mol. The van der Waals surface area contributed by atoms with Crippen molar-refractivity contribution in [3.8, 4) is 0 Å². The molecule has 90 valence electrons. The summed E-state index contributed by atoms with van der Waals surface area (Å²) in [5.74, 6) is 0.262. The SMILES string of the molecule is CC(C)N(CCC(=N)N)Cc1ccc(Br)s1. The average Bonchev–Trinajstić information content (AvgIpc) is 2.57. The Labute approximate surface area is 109 Å². The van der Waals surface area contributed by atoms with Crippen molar-refractivity contribution in [2.45, 2.75) is 32.9 Å². The van der Waals surface area contributed by atoms with E-state index in [1.54, 1.807) is 11.3 Å². The Bertz CT molecular complexity index is 349. The molecular weight excluding hydrogens is 286 g/mol. The van der Waals surface area contributed by atoms with Crippen LogP contribution in [0.1, 0.15) is 25.1 Å². The number of thiophene rings is 1. The number of hydrogen-bond donors (Lipinski definition) is 2. The van der Waals surface area contributed by atoms with E-state index >= 15 is 0 Å². The van der Waals surface area contributed by atoms with Gasteiger partial charge < -0.3 is 5.73 Å². The highest BCUT2D eigenvalue weighted by molar-refractivity contribution is 9.11. The Kier molecular flexibility index (Phi) is 5.44. The molecule has 1 heterocycles. The molecule has 0 saturated carbocycles. The van der Waals surface area contributed by atoms with Crippen LogP contribution in [-0.2, 0) is 6.54 Å². The van der Waals surface area contributed by atoms with Crippen molar-refractivity contribution in [2.75, 3.05) is 6.54 Å².